The fraction of sp³-hybridized carbons (Fsp3) is 0.679. The van der Waals surface area contributed by atoms with E-state index in [1.54, 1.807) is 5.57 Å². The normalized spacial score (nSPS) is 17.4. The summed E-state index contributed by atoms with van der Waals surface area (Å²) in [5.41, 5.74) is 1.62. The van der Waals surface area contributed by atoms with Crippen LogP contribution >= 0.6 is 0 Å². The van der Waals surface area contributed by atoms with Gasteiger partial charge in [0, 0.05) is 6.42 Å². The summed E-state index contributed by atoms with van der Waals surface area (Å²) in [6.07, 6.45) is 21.3. The molecule has 30 heavy (non-hydrogen) atoms. The third-order valence-electron chi connectivity index (χ3n) is 6.62. The number of ether oxygens (including phenoxy) is 1. The number of hydrogen-bond donors (Lipinski definition) is 0. The van der Waals surface area contributed by atoms with E-state index in [2.05, 4.69) is 19.9 Å². The summed E-state index contributed by atoms with van der Waals surface area (Å²) in [6.45, 7) is 4.54. The van der Waals surface area contributed by atoms with Crippen LogP contribution in [-0.2, 0) is 4.79 Å². The van der Waals surface area contributed by atoms with Crippen LogP contribution in [0.15, 0.2) is 42.0 Å². The lowest BCUT2D eigenvalue weighted by Gasteiger charge is -2.27. The number of rotatable bonds is 15. The predicted molar refractivity (Wildman–Crippen MR) is 128 cm³/mol. The van der Waals surface area contributed by atoms with Crippen molar-refractivity contribution in [3.8, 4) is 5.75 Å². The lowest BCUT2D eigenvalue weighted by Crippen LogP contribution is -2.15. The molecular formula is C28H44O2. The molecule has 1 aliphatic rings. The summed E-state index contributed by atoms with van der Waals surface area (Å²) in [5.74, 6) is 2.00. The Morgan fingerprint density at radius 1 is 0.967 bits per heavy atom. The maximum atomic E-state index is 12.3. The molecule has 0 N–H and O–H groups in total. The van der Waals surface area contributed by atoms with Gasteiger partial charge in [0.25, 0.3) is 0 Å². The quantitative estimate of drug-likeness (QED) is 0.125. The molecule has 168 valence electrons. The van der Waals surface area contributed by atoms with Crippen molar-refractivity contribution in [3.63, 3.8) is 0 Å². The lowest BCUT2D eigenvalue weighted by atomic mass is 9.79. The van der Waals surface area contributed by atoms with E-state index in [4.69, 9.17) is 4.74 Å². The first-order valence-electron chi connectivity index (χ1n) is 12.7. The van der Waals surface area contributed by atoms with Crippen molar-refractivity contribution in [1.82, 2.24) is 0 Å². The number of allylic oxidation sites excluding steroid dienone is 2. The molecule has 1 aromatic rings. The van der Waals surface area contributed by atoms with Crippen LogP contribution in [0.25, 0.3) is 0 Å². The fourth-order valence-corrected chi connectivity index (χ4v) is 4.68. The second kappa shape index (κ2) is 15.3. The van der Waals surface area contributed by atoms with E-state index in [1.165, 1.54) is 83.5 Å². The van der Waals surface area contributed by atoms with Gasteiger partial charge in [-0.1, -0.05) is 101 Å². The molecule has 1 aliphatic carbocycles. The Hall–Kier alpha value is -1.57. The molecule has 0 aromatic heterocycles. The molecule has 0 spiro atoms. The van der Waals surface area contributed by atoms with Crippen LogP contribution in [0.3, 0.4) is 0 Å². The molecule has 0 fully saturated rings. The predicted octanol–water partition coefficient (Wildman–Crippen LogP) is 8.66. The number of unbranched alkanes of at least 4 members (excludes halogenated alkanes) is 6. The highest BCUT2D eigenvalue weighted by molar-refractivity contribution is 5.72. The van der Waals surface area contributed by atoms with Crippen LogP contribution in [-0.4, -0.2) is 5.97 Å². The number of para-hydroxylation sites is 1. The summed E-state index contributed by atoms with van der Waals surface area (Å²) in [4.78, 5) is 12.3. The molecule has 1 aromatic carbocycles. The summed E-state index contributed by atoms with van der Waals surface area (Å²) < 4.78 is 5.49. The second-order valence-electron chi connectivity index (χ2n) is 9.14. The van der Waals surface area contributed by atoms with Gasteiger partial charge in [-0.15, -0.1) is 0 Å². The monoisotopic (exact) mass is 412 g/mol. The highest BCUT2D eigenvalue weighted by atomic mass is 16.5. The Balaban J connectivity index is 1.74. The van der Waals surface area contributed by atoms with E-state index < -0.39 is 0 Å². The number of hydrogen-bond acceptors (Lipinski definition) is 2. The fourth-order valence-electron chi connectivity index (χ4n) is 4.68. The van der Waals surface area contributed by atoms with Gasteiger partial charge in [0.1, 0.15) is 5.75 Å². The van der Waals surface area contributed by atoms with Crippen LogP contribution in [0.4, 0.5) is 0 Å². The zero-order valence-corrected chi connectivity index (χ0v) is 19.5. The average molecular weight is 413 g/mol. The standard InChI is InChI=1S/C28H44O2/c1-3-5-7-8-9-11-14-24-18-20-26(21-19-24)25(15-6-4-2)22-23-28(29)30-27-16-12-10-13-17-27/h10,12-13,16-17,20,24-25H,3-9,11,14-15,18-19,21-23H2,1-2H3. The van der Waals surface area contributed by atoms with Crippen LogP contribution in [0.2, 0.25) is 0 Å². The first-order chi connectivity index (χ1) is 14.7. The van der Waals surface area contributed by atoms with Gasteiger partial charge in [0.15, 0.2) is 0 Å². The van der Waals surface area contributed by atoms with Crippen LogP contribution in [0.1, 0.15) is 110 Å². The van der Waals surface area contributed by atoms with Crippen LogP contribution < -0.4 is 4.74 Å². The first kappa shape index (κ1) is 24.7. The van der Waals surface area contributed by atoms with Crippen LogP contribution in [0.5, 0.6) is 5.75 Å². The lowest BCUT2D eigenvalue weighted by molar-refractivity contribution is -0.134. The zero-order chi connectivity index (χ0) is 21.4. The van der Waals surface area contributed by atoms with Gasteiger partial charge in [-0.25, -0.2) is 0 Å². The highest BCUT2D eigenvalue weighted by Gasteiger charge is 2.21. The van der Waals surface area contributed by atoms with Gasteiger partial charge >= 0.3 is 5.97 Å². The van der Waals surface area contributed by atoms with Crippen molar-refractivity contribution in [1.29, 1.82) is 0 Å². The molecule has 2 rings (SSSR count). The topological polar surface area (TPSA) is 26.3 Å². The van der Waals surface area contributed by atoms with Crippen molar-refractivity contribution >= 4 is 5.97 Å². The van der Waals surface area contributed by atoms with Crippen molar-refractivity contribution in [2.45, 2.75) is 110 Å². The van der Waals surface area contributed by atoms with E-state index in [9.17, 15) is 4.79 Å². The van der Waals surface area contributed by atoms with Gasteiger partial charge in [-0.05, 0) is 56.1 Å². The minimum absolute atomic E-state index is 0.0972. The SMILES string of the molecule is CCCCCCCCC1CC=C(C(CCCC)CCC(=O)Oc2ccccc2)CC1. The Labute approximate surface area is 185 Å². The minimum atomic E-state index is -0.0972. The maximum absolute atomic E-state index is 12.3. The van der Waals surface area contributed by atoms with E-state index in [0.29, 0.717) is 18.1 Å². The molecule has 0 saturated heterocycles. The summed E-state index contributed by atoms with van der Waals surface area (Å²) >= 11 is 0. The molecule has 0 aliphatic heterocycles. The van der Waals surface area contributed by atoms with Gasteiger partial charge < -0.3 is 4.74 Å². The van der Waals surface area contributed by atoms with Gasteiger partial charge in [0.05, 0.1) is 0 Å². The van der Waals surface area contributed by atoms with E-state index in [-0.39, 0.29) is 5.97 Å². The van der Waals surface area contributed by atoms with Crippen LogP contribution in [0, 0.1) is 11.8 Å². The average Bonchev–Trinajstić information content (AvgIpc) is 2.77. The number of carbonyl (C=O) groups excluding carboxylic acids is 1. The molecule has 0 saturated carbocycles. The molecule has 2 atom stereocenters. The zero-order valence-electron chi connectivity index (χ0n) is 19.5. The Morgan fingerprint density at radius 3 is 2.40 bits per heavy atom. The first-order valence-corrected chi connectivity index (χ1v) is 12.7. The molecule has 2 unspecified atom stereocenters. The number of esters is 1. The second-order valence-corrected chi connectivity index (χ2v) is 9.14. The molecule has 2 nitrogen and oxygen atoms in total. The minimum Gasteiger partial charge on any atom is -0.427 e. The van der Waals surface area contributed by atoms with Crippen molar-refractivity contribution < 1.29 is 9.53 Å². The third kappa shape index (κ3) is 9.96. The van der Waals surface area contributed by atoms with Gasteiger partial charge in [-0.2, -0.15) is 0 Å². The van der Waals surface area contributed by atoms with Gasteiger partial charge in [-0.3, -0.25) is 4.79 Å². The van der Waals surface area contributed by atoms with Crippen molar-refractivity contribution in [2.75, 3.05) is 0 Å². The van der Waals surface area contributed by atoms with E-state index in [0.717, 1.165) is 12.3 Å². The summed E-state index contributed by atoms with van der Waals surface area (Å²) in [5, 5.41) is 0. The third-order valence-corrected chi connectivity index (χ3v) is 6.62. The molecule has 0 radical (unpaired) electrons. The smallest absolute Gasteiger partial charge is 0.311 e. The largest absolute Gasteiger partial charge is 0.427 e. The molecular weight excluding hydrogens is 368 g/mol. The van der Waals surface area contributed by atoms with E-state index in [1.807, 2.05) is 30.3 Å². The maximum Gasteiger partial charge on any atom is 0.311 e. The molecule has 0 heterocycles. The molecule has 0 amide bonds. The van der Waals surface area contributed by atoms with Gasteiger partial charge in [0.2, 0.25) is 0 Å². The summed E-state index contributed by atoms with van der Waals surface area (Å²) in [6, 6.07) is 9.44. The van der Waals surface area contributed by atoms with Crippen molar-refractivity contribution in [2.24, 2.45) is 11.8 Å². The Kier molecular flexibility index (Phi) is 12.6. The molecule has 2 heteroatoms. The van der Waals surface area contributed by atoms with Crippen molar-refractivity contribution in [3.05, 3.63) is 42.0 Å². The Morgan fingerprint density at radius 2 is 1.70 bits per heavy atom. The highest BCUT2D eigenvalue weighted by Crippen LogP contribution is 2.35. The molecule has 0 bridgehead atoms. The van der Waals surface area contributed by atoms with E-state index >= 15 is 0 Å². The Bertz CT molecular complexity index is 604. The summed E-state index contributed by atoms with van der Waals surface area (Å²) in [7, 11) is 0. The number of benzene rings is 1. The number of carbonyl (C=O) groups is 1.